The number of rotatable bonds is 5. The number of piperidine rings is 1. The number of nitrogens with zero attached hydrogens (tertiary/aromatic N) is 1. The molecule has 1 fully saturated rings. The maximum atomic E-state index is 8.99. The third-order valence-corrected chi connectivity index (χ3v) is 6.40. The minimum absolute atomic E-state index is 0.0616. The van der Waals surface area contributed by atoms with E-state index >= 15 is 0 Å². The van der Waals surface area contributed by atoms with Crippen LogP contribution in [0.4, 0.5) is 0 Å². The smallest absolute Gasteiger partial charge is 0.119 e. The van der Waals surface area contributed by atoms with Crippen LogP contribution in [0.1, 0.15) is 45.2 Å². The van der Waals surface area contributed by atoms with Gasteiger partial charge in [-0.2, -0.15) is 0 Å². The Morgan fingerprint density at radius 1 is 1.46 bits per heavy atom. The Morgan fingerprint density at radius 2 is 2.25 bits per heavy atom. The van der Waals surface area contributed by atoms with Crippen molar-refractivity contribution in [2.45, 2.75) is 52.0 Å². The molecule has 1 saturated heterocycles. The van der Waals surface area contributed by atoms with Crippen LogP contribution in [0.3, 0.4) is 0 Å². The maximum absolute atomic E-state index is 8.99. The van der Waals surface area contributed by atoms with E-state index in [9.17, 15) is 0 Å². The molecule has 2 aliphatic rings. The fourth-order valence-corrected chi connectivity index (χ4v) is 4.55. The molecule has 3 nitrogen and oxygen atoms in total. The summed E-state index contributed by atoms with van der Waals surface area (Å²) < 4.78 is 5.66. The van der Waals surface area contributed by atoms with Crippen LogP contribution >= 0.6 is 0 Å². The van der Waals surface area contributed by atoms with Crippen molar-refractivity contribution in [3.8, 4) is 5.75 Å². The van der Waals surface area contributed by atoms with Crippen molar-refractivity contribution >= 4 is 0 Å². The SMILES string of the molecule is CC=C(C)CN1CCC2(C)c3cc(OCCO)ccc3CC1C2C. The molecule has 1 aliphatic carbocycles. The van der Waals surface area contributed by atoms with Crippen LogP contribution in [0.5, 0.6) is 5.75 Å². The first kappa shape index (κ1) is 17.5. The zero-order valence-electron chi connectivity index (χ0n) is 15.5. The van der Waals surface area contributed by atoms with Gasteiger partial charge in [0.1, 0.15) is 12.4 Å². The molecule has 3 atom stereocenters. The monoisotopic (exact) mass is 329 g/mol. The quantitative estimate of drug-likeness (QED) is 0.839. The van der Waals surface area contributed by atoms with Gasteiger partial charge in [0, 0.05) is 12.6 Å². The Labute approximate surface area is 146 Å². The summed E-state index contributed by atoms with van der Waals surface area (Å²) in [5.74, 6) is 1.53. The molecule has 0 radical (unpaired) electrons. The van der Waals surface area contributed by atoms with Crippen molar-refractivity contribution in [3.63, 3.8) is 0 Å². The van der Waals surface area contributed by atoms with Gasteiger partial charge in [-0.3, -0.25) is 4.90 Å². The molecule has 0 spiro atoms. The molecular formula is C21H31NO2. The standard InChI is InChI=1S/C21H31NO2/c1-5-15(2)14-22-9-8-21(4)16(3)20(22)12-17-6-7-18(13-19(17)21)24-11-10-23/h5-7,13,16,20,23H,8-12,14H2,1-4H3. The number of likely N-dealkylation sites (tertiary alicyclic amines) is 1. The lowest BCUT2D eigenvalue weighted by atomic mass is 9.59. The summed E-state index contributed by atoms with van der Waals surface area (Å²) in [5, 5.41) is 8.99. The van der Waals surface area contributed by atoms with Gasteiger partial charge in [-0.1, -0.05) is 31.6 Å². The fraction of sp³-hybridized carbons (Fsp3) is 0.619. The molecule has 1 aliphatic heterocycles. The first-order valence-electron chi connectivity index (χ1n) is 9.22. The highest BCUT2D eigenvalue weighted by molar-refractivity contribution is 5.44. The lowest BCUT2D eigenvalue weighted by Crippen LogP contribution is -2.58. The van der Waals surface area contributed by atoms with Crippen LogP contribution in [0.25, 0.3) is 0 Å². The van der Waals surface area contributed by atoms with E-state index in [0.29, 0.717) is 18.6 Å². The molecule has 2 bridgehead atoms. The molecule has 1 aromatic rings. The molecule has 1 heterocycles. The summed E-state index contributed by atoms with van der Waals surface area (Å²) in [7, 11) is 0. The van der Waals surface area contributed by atoms with Gasteiger partial charge in [-0.05, 0) is 67.8 Å². The highest BCUT2D eigenvalue weighted by Crippen LogP contribution is 2.49. The number of benzene rings is 1. The topological polar surface area (TPSA) is 32.7 Å². The summed E-state index contributed by atoms with van der Waals surface area (Å²) in [6.07, 6.45) is 4.56. The summed E-state index contributed by atoms with van der Waals surface area (Å²) in [4.78, 5) is 2.68. The van der Waals surface area contributed by atoms with Gasteiger partial charge in [0.15, 0.2) is 0 Å². The molecule has 0 aromatic heterocycles. The number of ether oxygens (including phenoxy) is 1. The molecular weight excluding hydrogens is 298 g/mol. The highest BCUT2D eigenvalue weighted by atomic mass is 16.5. The van der Waals surface area contributed by atoms with Crippen molar-refractivity contribution in [1.29, 1.82) is 0 Å². The van der Waals surface area contributed by atoms with Gasteiger partial charge in [0.2, 0.25) is 0 Å². The normalized spacial score (nSPS) is 30.1. The molecule has 3 unspecified atom stereocenters. The van der Waals surface area contributed by atoms with E-state index < -0.39 is 0 Å². The summed E-state index contributed by atoms with van der Waals surface area (Å²) in [6.45, 7) is 11.9. The van der Waals surface area contributed by atoms with E-state index in [-0.39, 0.29) is 12.0 Å². The van der Waals surface area contributed by atoms with Gasteiger partial charge in [-0.15, -0.1) is 0 Å². The molecule has 24 heavy (non-hydrogen) atoms. The predicted octanol–water partition coefficient (Wildman–Crippen LogP) is 3.55. The average Bonchev–Trinajstić information content (AvgIpc) is 2.58. The van der Waals surface area contributed by atoms with Crippen molar-refractivity contribution in [1.82, 2.24) is 4.90 Å². The minimum Gasteiger partial charge on any atom is -0.491 e. The number of aliphatic hydroxyl groups excluding tert-OH is 1. The van der Waals surface area contributed by atoms with E-state index in [1.807, 2.05) is 0 Å². The van der Waals surface area contributed by atoms with Crippen LogP contribution in [0.15, 0.2) is 29.8 Å². The minimum atomic E-state index is 0.0616. The zero-order valence-corrected chi connectivity index (χ0v) is 15.5. The van der Waals surface area contributed by atoms with E-state index in [1.165, 1.54) is 23.1 Å². The first-order valence-corrected chi connectivity index (χ1v) is 9.22. The average molecular weight is 329 g/mol. The first-order chi connectivity index (χ1) is 11.5. The largest absolute Gasteiger partial charge is 0.491 e. The third-order valence-electron chi connectivity index (χ3n) is 6.40. The maximum Gasteiger partial charge on any atom is 0.119 e. The van der Waals surface area contributed by atoms with Crippen molar-refractivity contribution in [2.75, 3.05) is 26.3 Å². The molecule has 3 heteroatoms. The summed E-state index contributed by atoms with van der Waals surface area (Å²) in [6, 6.07) is 7.15. The van der Waals surface area contributed by atoms with E-state index in [4.69, 9.17) is 9.84 Å². The molecule has 1 aromatic carbocycles. The van der Waals surface area contributed by atoms with Crippen molar-refractivity contribution in [3.05, 3.63) is 41.0 Å². The lowest BCUT2D eigenvalue weighted by Gasteiger charge is -2.54. The lowest BCUT2D eigenvalue weighted by molar-refractivity contribution is 0.0379. The second-order valence-electron chi connectivity index (χ2n) is 7.72. The Hall–Kier alpha value is -1.32. The van der Waals surface area contributed by atoms with Crippen LogP contribution in [-0.2, 0) is 11.8 Å². The number of hydrogen-bond donors (Lipinski definition) is 1. The zero-order chi connectivity index (χ0) is 17.3. The third kappa shape index (κ3) is 3.00. The molecule has 3 rings (SSSR count). The number of aliphatic hydroxyl groups is 1. The number of allylic oxidation sites excluding steroid dienone is 1. The van der Waals surface area contributed by atoms with Crippen LogP contribution < -0.4 is 4.74 Å². The van der Waals surface area contributed by atoms with Crippen molar-refractivity contribution in [2.24, 2.45) is 5.92 Å². The molecule has 0 amide bonds. The molecule has 132 valence electrons. The van der Waals surface area contributed by atoms with Gasteiger partial charge < -0.3 is 9.84 Å². The molecule has 1 N–H and O–H groups in total. The Kier molecular flexibility index (Phi) is 5.03. The van der Waals surface area contributed by atoms with Gasteiger partial charge in [0.05, 0.1) is 6.61 Å². The van der Waals surface area contributed by atoms with E-state index in [1.54, 1.807) is 0 Å². The van der Waals surface area contributed by atoms with Gasteiger partial charge in [-0.25, -0.2) is 0 Å². The Bertz CT molecular complexity index is 624. The predicted molar refractivity (Wildman–Crippen MR) is 98.7 cm³/mol. The van der Waals surface area contributed by atoms with Crippen molar-refractivity contribution < 1.29 is 9.84 Å². The second kappa shape index (κ2) is 6.89. The number of fused-ring (bicyclic) bond motifs is 4. The van der Waals surface area contributed by atoms with Crippen LogP contribution in [-0.4, -0.2) is 42.4 Å². The van der Waals surface area contributed by atoms with Crippen LogP contribution in [0, 0.1) is 5.92 Å². The summed E-state index contributed by atoms with van der Waals surface area (Å²) >= 11 is 0. The van der Waals surface area contributed by atoms with Crippen LogP contribution in [0.2, 0.25) is 0 Å². The van der Waals surface area contributed by atoms with E-state index in [0.717, 1.165) is 25.3 Å². The second-order valence-corrected chi connectivity index (χ2v) is 7.72. The fourth-order valence-electron chi connectivity index (χ4n) is 4.55. The highest BCUT2D eigenvalue weighted by Gasteiger charge is 2.48. The van der Waals surface area contributed by atoms with Gasteiger partial charge in [0.25, 0.3) is 0 Å². The summed E-state index contributed by atoms with van der Waals surface area (Å²) in [5.41, 5.74) is 4.62. The van der Waals surface area contributed by atoms with Gasteiger partial charge >= 0.3 is 0 Å². The number of hydrogen-bond acceptors (Lipinski definition) is 3. The van der Waals surface area contributed by atoms with E-state index in [2.05, 4.69) is 56.9 Å². The Balaban J connectivity index is 1.90. The Morgan fingerprint density at radius 3 is 2.96 bits per heavy atom. The molecule has 0 saturated carbocycles.